The van der Waals surface area contributed by atoms with Crippen molar-refractivity contribution in [2.24, 2.45) is 0 Å². The number of hydrogen-bond donors (Lipinski definition) is 0. The first-order chi connectivity index (χ1) is 9.35. The Labute approximate surface area is 122 Å². The van der Waals surface area contributed by atoms with Crippen LogP contribution in [0, 0.1) is 0 Å². The fourth-order valence-corrected chi connectivity index (χ4v) is 2.30. The molecule has 0 aromatic heterocycles. The van der Waals surface area contributed by atoms with Crippen LogP contribution in [0.1, 0.15) is 20.8 Å². The van der Waals surface area contributed by atoms with Crippen LogP contribution in [0.4, 0.5) is 10.5 Å². The SMILES string of the molecule is Bc1cccc(N2CCN(C(=O)OC(C)(C)C)CC2)c1. The molecule has 0 spiro atoms. The van der Waals surface area contributed by atoms with Crippen LogP contribution in [0.3, 0.4) is 0 Å². The van der Waals surface area contributed by atoms with E-state index in [9.17, 15) is 4.79 Å². The lowest BCUT2D eigenvalue weighted by atomic mass is 9.96. The molecule has 1 aliphatic rings. The number of nitrogens with zero attached hydrogens (tertiary/aromatic N) is 2. The van der Waals surface area contributed by atoms with Gasteiger partial charge in [-0.25, -0.2) is 4.79 Å². The van der Waals surface area contributed by atoms with Crippen molar-refractivity contribution >= 4 is 25.1 Å². The monoisotopic (exact) mass is 274 g/mol. The van der Waals surface area contributed by atoms with Crippen molar-refractivity contribution in [3.8, 4) is 0 Å². The minimum Gasteiger partial charge on any atom is -0.444 e. The minimum atomic E-state index is -0.426. The molecule has 0 atom stereocenters. The zero-order chi connectivity index (χ0) is 14.8. The highest BCUT2D eigenvalue weighted by atomic mass is 16.6. The molecule has 0 bridgehead atoms. The number of carbonyl (C=O) groups is 1. The Morgan fingerprint density at radius 2 is 1.85 bits per heavy atom. The van der Waals surface area contributed by atoms with E-state index in [1.165, 1.54) is 11.2 Å². The van der Waals surface area contributed by atoms with Crippen LogP contribution in [0.2, 0.25) is 0 Å². The topological polar surface area (TPSA) is 32.8 Å². The summed E-state index contributed by atoms with van der Waals surface area (Å²) >= 11 is 0. The predicted octanol–water partition coefficient (Wildman–Crippen LogP) is 1.00. The van der Waals surface area contributed by atoms with Crippen LogP contribution in [0.5, 0.6) is 0 Å². The summed E-state index contributed by atoms with van der Waals surface area (Å²) in [5, 5.41) is 0. The van der Waals surface area contributed by atoms with Gasteiger partial charge in [0.25, 0.3) is 0 Å². The molecule has 0 saturated carbocycles. The Morgan fingerprint density at radius 3 is 2.40 bits per heavy atom. The van der Waals surface area contributed by atoms with E-state index < -0.39 is 5.60 Å². The van der Waals surface area contributed by atoms with E-state index in [4.69, 9.17) is 4.74 Å². The Hall–Kier alpha value is -1.65. The van der Waals surface area contributed by atoms with E-state index in [2.05, 4.69) is 37.0 Å². The van der Waals surface area contributed by atoms with Crippen LogP contribution in [0.25, 0.3) is 0 Å². The van der Waals surface area contributed by atoms with Crippen molar-refractivity contribution < 1.29 is 9.53 Å². The molecule has 1 fully saturated rings. The smallest absolute Gasteiger partial charge is 0.410 e. The van der Waals surface area contributed by atoms with Crippen molar-refractivity contribution in [1.29, 1.82) is 0 Å². The highest BCUT2D eigenvalue weighted by Crippen LogP contribution is 2.16. The van der Waals surface area contributed by atoms with Gasteiger partial charge in [-0.1, -0.05) is 17.6 Å². The van der Waals surface area contributed by atoms with Gasteiger partial charge in [0.15, 0.2) is 0 Å². The molecule has 0 N–H and O–H groups in total. The average Bonchev–Trinajstić information content (AvgIpc) is 2.37. The first-order valence-electron chi connectivity index (χ1n) is 7.15. The number of benzene rings is 1. The van der Waals surface area contributed by atoms with E-state index >= 15 is 0 Å². The number of rotatable bonds is 1. The van der Waals surface area contributed by atoms with Gasteiger partial charge in [-0.15, -0.1) is 0 Å². The third-order valence-corrected chi connectivity index (χ3v) is 3.30. The van der Waals surface area contributed by atoms with E-state index in [0.29, 0.717) is 13.1 Å². The summed E-state index contributed by atoms with van der Waals surface area (Å²) in [6, 6.07) is 8.48. The Morgan fingerprint density at radius 1 is 1.20 bits per heavy atom. The van der Waals surface area contributed by atoms with E-state index in [1.807, 2.05) is 20.8 Å². The van der Waals surface area contributed by atoms with Gasteiger partial charge in [0.2, 0.25) is 0 Å². The standard InChI is InChI=1S/C15H23BN2O2/c1-15(2,3)20-14(19)18-9-7-17(8-10-18)13-6-4-5-12(16)11-13/h4-6,11H,7-10,16H2,1-3H3. The lowest BCUT2D eigenvalue weighted by molar-refractivity contribution is 0.0240. The molecule has 20 heavy (non-hydrogen) atoms. The van der Waals surface area contributed by atoms with Crippen molar-refractivity contribution in [3.05, 3.63) is 24.3 Å². The van der Waals surface area contributed by atoms with Crippen LogP contribution in [-0.2, 0) is 4.74 Å². The van der Waals surface area contributed by atoms with Crippen molar-refractivity contribution in [1.82, 2.24) is 4.90 Å². The van der Waals surface area contributed by atoms with Crippen LogP contribution in [0.15, 0.2) is 24.3 Å². The average molecular weight is 274 g/mol. The number of ether oxygens (including phenoxy) is 1. The maximum Gasteiger partial charge on any atom is 0.410 e. The quantitative estimate of drug-likeness (QED) is 0.716. The summed E-state index contributed by atoms with van der Waals surface area (Å²) < 4.78 is 5.41. The molecule has 4 nitrogen and oxygen atoms in total. The number of anilines is 1. The second-order valence-corrected chi connectivity index (χ2v) is 6.29. The molecule has 0 radical (unpaired) electrons. The molecule has 1 saturated heterocycles. The molecular formula is C15H23BN2O2. The van der Waals surface area contributed by atoms with Crippen LogP contribution >= 0.6 is 0 Å². The van der Waals surface area contributed by atoms with E-state index in [-0.39, 0.29) is 6.09 Å². The Bertz CT molecular complexity index is 477. The molecule has 2 rings (SSSR count). The van der Waals surface area contributed by atoms with Gasteiger partial charge in [0, 0.05) is 31.9 Å². The van der Waals surface area contributed by atoms with E-state index in [0.717, 1.165) is 13.1 Å². The lowest BCUT2D eigenvalue weighted by Gasteiger charge is -2.36. The largest absolute Gasteiger partial charge is 0.444 e. The molecule has 1 heterocycles. The third-order valence-electron chi connectivity index (χ3n) is 3.30. The summed E-state index contributed by atoms with van der Waals surface area (Å²) in [5.41, 5.74) is 2.07. The predicted molar refractivity (Wildman–Crippen MR) is 84.6 cm³/mol. The van der Waals surface area contributed by atoms with Gasteiger partial charge >= 0.3 is 6.09 Å². The number of carbonyl (C=O) groups excluding carboxylic acids is 1. The molecule has 5 heteroatoms. The highest BCUT2D eigenvalue weighted by molar-refractivity contribution is 6.32. The maximum absolute atomic E-state index is 12.0. The maximum atomic E-state index is 12.0. The highest BCUT2D eigenvalue weighted by Gasteiger charge is 2.25. The molecule has 1 amide bonds. The Kier molecular flexibility index (Phi) is 4.26. The second-order valence-electron chi connectivity index (χ2n) is 6.29. The van der Waals surface area contributed by atoms with Crippen LogP contribution < -0.4 is 10.4 Å². The van der Waals surface area contributed by atoms with Crippen LogP contribution in [-0.4, -0.2) is 50.6 Å². The fraction of sp³-hybridized carbons (Fsp3) is 0.533. The molecule has 1 aliphatic heterocycles. The second kappa shape index (κ2) is 5.77. The molecular weight excluding hydrogens is 251 g/mol. The normalized spacial score (nSPS) is 16.1. The lowest BCUT2D eigenvalue weighted by Crippen LogP contribution is -2.50. The van der Waals surface area contributed by atoms with Gasteiger partial charge in [-0.2, -0.15) is 0 Å². The number of piperazine rings is 1. The van der Waals surface area contributed by atoms with Gasteiger partial charge in [-0.3, -0.25) is 0 Å². The fourth-order valence-electron chi connectivity index (χ4n) is 2.30. The minimum absolute atomic E-state index is 0.207. The molecule has 1 aromatic rings. The summed E-state index contributed by atoms with van der Waals surface area (Å²) in [6.45, 7) is 8.81. The third kappa shape index (κ3) is 3.92. The summed E-state index contributed by atoms with van der Waals surface area (Å²) in [7, 11) is 2.10. The molecule has 0 unspecified atom stereocenters. The molecule has 1 aromatic carbocycles. The molecule has 0 aliphatic carbocycles. The summed E-state index contributed by atoms with van der Waals surface area (Å²) in [4.78, 5) is 16.1. The van der Waals surface area contributed by atoms with Crippen molar-refractivity contribution in [3.63, 3.8) is 0 Å². The van der Waals surface area contributed by atoms with Gasteiger partial charge < -0.3 is 14.5 Å². The summed E-state index contributed by atoms with van der Waals surface area (Å²) in [6.07, 6.45) is -0.207. The van der Waals surface area contributed by atoms with Crippen molar-refractivity contribution in [2.75, 3.05) is 31.1 Å². The Balaban J connectivity index is 1.91. The summed E-state index contributed by atoms with van der Waals surface area (Å²) in [5.74, 6) is 0. The van der Waals surface area contributed by atoms with Gasteiger partial charge in [0.05, 0.1) is 0 Å². The van der Waals surface area contributed by atoms with Gasteiger partial charge in [-0.05, 0) is 32.9 Å². The first-order valence-corrected chi connectivity index (χ1v) is 7.15. The number of amides is 1. The van der Waals surface area contributed by atoms with Crippen molar-refractivity contribution in [2.45, 2.75) is 26.4 Å². The zero-order valence-corrected chi connectivity index (χ0v) is 12.8. The van der Waals surface area contributed by atoms with Gasteiger partial charge in [0.1, 0.15) is 13.4 Å². The molecule has 108 valence electrons. The number of hydrogen-bond acceptors (Lipinski definition) is 3. The van der Waals surface area contributed by atoms with E-state index in [1.54, 1.807) is 4.90 Å². The first kappa shape index (κ1) is 14.8. The zero-order valence-electron chi connectivity index (χ0n) is 12.8.